The highest BCUT2D eigenvalue weighted by atomic mass is 16.4. The van der Waals surface area contributed by atoms with Crippen molar-refractivity contribution in [3.05, 3.63) is 0 Å². The lowest BCUT2D eigenvalue weighted by Gasteiger charge is -2.32. The fourth-order valence-electron chi connectivity index (χ4n) is 1.60. The van der Waals surface area contributed by atoms with E-state index < -0.39 is 23.5 Å². The molecule has 0 radical (unpaired) electrons. The van der Waals surface area contributed by atoms with Gasteiger partial charge in [0, 0.05) is 17.4 Å². The first-order chi connectivity index (χ1) is 7.84. The fourth-order valence-corrected chi connectivity index (χ4v) is 1.60. The van der Waals surface area contributed by atoms with E-state index >= 15 is 0 Å². The van der Waals surface area contributed by atoms with E-state index in [0.29, 0.717) is 0 Å². The molecule has 5 nitrogen and oxygen atoms in total. The molecule has 0 aliphatic heterocycles. The van der Waals surface area contributed by atoms with Gasteiger partial charge in [-0.05, 0) is 20.8 Å². The van der Waals surface area contributed by atoms with Gasteiger partial charge in [0.15, 0.2) is 11.9 Å². The molecule has 0 heterocycles. The first-order valence-corrected chi connectivity index (χ1v) is 6.07. The molecule has 18 heavy (non-hydrogen) atoms. The predicted molar refractivity (Wildman–Crippen MR) is 69.4 cm³/mol. The van der Waals surface area contributed by atoms with E-state index in [9.17, 15) is 14.7 Å². The van der Waals surface area contributed by atoms with Crippen molar-refractivity contribution in [2.75, 3.05) is 0 Å². The zero-order valence-electron chi connectivity index (χ0n) is 12.1. The molecule has 0 amide bonds. The molecule has 1 unspecified atom stereocenters. The number of aliphatic hydroxyl groups excluding tert-OH is 1. The van der Waals surface area contributed by atoms with Crippen LogP contribution in [0.25, 0.3) is 0 Å². The molecule has 2 atom stereocenters. The molecular formula is C13H25NO4. The summed E-state index contributed by atoms with van der Waals surface area (Å²) in [6, 6.07) is -0.670. The van der Waals surface area contributed by atoms with Crippen molar-refractivity contribution in [1.29, 1.82) is 0 Å². The van der Waals surface area contributed by atoms with Crippen LogP contribution >= 0.6 is 0 Å². The molecule has 0 fully saturated rings. The lowest BCUT2D eigenvalue weighted by atomic mass is 9.83. The van der Waals surface area contributed by atoms with Gasteiger partial charge in [-0.2, -0.15) is 0 Å². The topological polar surface area (TPSA) is 86.6 Å². The minimum absolute atomic E-state index is 0.0993. The third kappa shape index (κ3) is 6.12. The van der Waals surface area contributed by atoms with Crippen molar-refractivity contribution >= 4 is 11.8 Å². The Morgan fingerprint density at radius 1 is 1.11 bits per heavy atom. The summed E-state index contributed by atoms with van der Waals surface area (Å²) in [5.74, 6) is -1.41. The van der Waals surface area contributed by atoms with Crippen molar-refractivity contribution in [1.82, 2.24) is 5.32 Å². The van der Waals surface area contributed by atoms with Crippen LogP contribution in [0.1, 0.15) is 48.0 Å². The van der Waals surface area contributed by atoms with E-state index in [0.717, 1.165) is 0 Å². The third-order valence-corrected chi connectivity index (χ3v) is 2.41. The monoisotopic (exact) mass is 259 g/mol. The van der Waals surface area contributed by atoms with E-state index in [1.165, 1.54) is 0 Å². The van der Waals surface area contributed by atoms with Crippen LogP contribution < -0.4 is 5.32 Å². The second-order valence-corrected chi connectivity index (χ2v) is 6.65. The Morgan fingerprint density at radius 2 is 1.56 bits per heavy atom. The maximum atomic E-state index is 12.2. The molecule has 0 aromatic carbocycles. The Kier molecular flexibility index (Phi) is 5.50. The average molecular weight is 259 g/mol. The molecular weight excluding hydrogens is 234 g/mol. The first kappa shape index (κ1) is 17.1. The van der Waals surface area contributed by atoms with Crippen molar-refractivity contribution in [3.63, 3.8) is 0 Å². The van der Waals surface area contributed by atoms with Crippen LogP contribution in [0.5, 0.6) is 0 Å². The summed E-state index contributed by atoms with van der Waals surface area (Å²) in [5, 5.41) is 21.2. The van der Waals surface area contributed by atoms with Gasteiger partial charge < -0.3 is 15.5 Å². The van der Waals surface area contributed by atoms with Gasteiger partial charge in [-0.3, -0.25) is 4.79 Å². The van der Waals surface area contributed by atoms with Crippen molar-refractivity contribution in [3.8, 4) is 0 Å². The van der Waals surface area contributed by atoms with Gasteiger partial charge in [0.1, 0.15) is 0 Å². The average Bonchev–Trinajstić information content (AvgIpc) is 2.11. The highest BCUT2D eigenvalue weighted by molar-refractivity contribution is 5.89. The molecule has 0 aliphatic rings. The van der Waals surface area contributed by atoms with E-state index in [1.807, 2.05) is 20.8 Å². The number of aliphatic hydroxyl groups is 1. The van der Waals surface area contributed by atoms with Crippen LogP contribution in [0.15, 0.2) is 0 Å². The summed E-state index contributed by atoms with van der Waals surface area (Å²) in [5.41, 5.74) is -0.912. The minimum atomic E-state index is -1.53. The number of carbonyl (C=O) groups is 2. The van der Waals surface area contributed by atoms with Gasteiger partial charge in [0.05, 0.1) is 6.04 Å². The summed E-state index contributed by atoms with van der Waals surface area (Å²) in [7, 11) is 0. The fraction of sp³-hybridized carbons (Fsp3) is 0.846. The van der Waals surface area contributed by atoms with Crippen LogP contribution in [-0.2, 0) is 9.59 Å². The lowest BCUT2D eigenvalue weighted by Crippen LogP contribution is -2.52. The highest BCUT2D eigenvalue weighted by Gasteiger charge is 2.34. The summed E-state index contributed by atoms with van der Waals surface area (Å²) in [6.07, 6.45) is -1.65. The molecule has 0 aromatic heterocycles. The molecule has 0 saturated heterocycles. The molecule has 0 spiro atoms. The van der Waals surface area contributed by atoms with Crippen LogP contribution in [-0.4, -0.2) is 39.7 Å². The Labute approximate surface area is 109 Å². The Bertz CT molecular complexity index is 312. The number of Topliss-reactive ketones (excluding diaryl/α,β-unsaturated/α-hetero) is 1. The molecule has 5 heteroatoms. The Balaban J connectivity index is 4.95. The third-order valence-electron chi connectivity index (χ3n) is 2.41. The number of carboxylic acids is 1. The van der Waals surface area contributed by atoms with Gasteiger partial charge >= 0.3 is 5.97 Å². The second-order valence-electron chi connectivity index (χ2n) is 6.65. The van der Waals surface area contributed by atoms with E-state index in [1.54, 1.807) is 20.8 Å². The van der Waals surface area contributed by atoms with Gasteiger partial charge in [0.25, 0.3) is 0 Å². The minimum Gasteiger partial charge on any atom is -0.479 e. The molecule has 0 aromatic rings. The van der Waals surface area contributed by atoms with Gasteiger partial charge in [-0.25, -0.2) is 4.79 Å². The van der Waals surface area contributed by atoms with E-state index in [2.05, 4.69) is 5.32 Å². The van der Waals surface area contributed by atoms with Crippen LogP contribution in [0.3, 0.4) is 0 Å². The first-order valence-electron chi connectivity index (χ1n) is 6.07. The number of nitrogens with one attached hydrogen (secondary N) is 1. The number of ketones is 1. The van der Waals surface area contributed by atoms with Crippen LogP contribution in [0, 0.1) is 5.41 Å². The van der Waals surface area contributed by atoms with E-state index in [4.69, 9.17) is 5.11 Å². The van der Waals surface area contributed by atoms with E-state index in [-0.39, 0.29) is 17.7 Å². The van der Waals surface area contributed by atoms with Gasteiger partial charge in [-0.15, -0.1) is 0 Å². The second kappa shape index (κ2) is 5.80. The quantitative estimate of drug-likeness (QED) is 0.690. The summed E-state index contributed by atoms with van der Waals surface area (Å²) in [4.78, 5) is 22.9. The molecule has 3 N–H and O–H groups in total. The van der Waals surface area contributed by atoms with Crippen LogP contribution in [0.2, 0.25) is 0 Å². The van der Waals surface area contributed by atoms with Crippen molar-refractivity contribution in [2.24, 2.45) is 5.41 Å². The summed E-state index contributed by atoms with van der Waals surface area (Å²) in [6.45, 7) is 11.0. The molecule has 106 valence electrons. The maximum Gasteiger partial charge on any atom is 0.332 e. The number of hydrogen-bond acceptors (Lipinski definition) is 4. The zero-order chi connectivity index (χ0) is 14.7. The largest absolute Gasteiger partial charge is 0.479 e. The van der Waals surface area contributed by atoms with Gasteiger partial charge in [-0.1, -0.05) is 20.8 Å². The molecule has 0 aliphatic carbocycles. The number of aliphatic carboxylic acids is 1. The summed E-state index contributed by atoms with van der Waals surface area (Å²) < 4.78 is 0. The maximum absolute atomic E-state index is 12.2. The SMILES string of the molecule is CC(C)(C)N[C@@H](CC(O)C(=O)O)C(=O)C(C)(C)C. The summed E-state index contributed by atoms with van der Waals surface area (Å²) >= 11 is 0. The number of carboxylic acid groups (broad SMARTS) is 1. The van der Waals surface area contributed by atoms with Crippen molar-refractivity contribution in [2.45, 2.75) is 65.6 Å². The smallest absolute Gasteiger partial charge is 0.332 e. The van der Waals surface area contributed by atoms with Gasteiger partial charge in [0.2, 0.25) is 0 Å². The normalized spacial score (nSPS) is 16.2. The Hall–Kier alpha value is -0.940. The predicted octanol–water partition coefficient (Wildman–Crippen LogP) is 1.19. The van der Waals surface area contributed by atoms with Crippen LogP contribution in [0.4, 0.5) is 0 Å². The lowest BCUT2D eigenvalue weighted by molar-refractivity contribution is -0.147. The molecule has 0 saturated carbocycles. The Morgan fingerprint density at radius 3 is 1.83 bits per heavy atom. The highest BCUT2D eigenvalue weighted by Crippen LogP contribution is 2.20. The number of rotatable bonds is 5. The number of hydrogen-bond donors (Lipinski definition) is 3. The molecule has 0 bridgehead atoms. The van der Waals surface area contributed by atoms with Crippen molar-refractivity contribution < 1.29 is 19.8 Å². The number of carbonyl (C=O) groups excluding carboxylic acids is 1. The zero-order valence-corrected chi connectivity index (χ0v) is 12.1. The standard InChI is InChI=1S/C13H25NO4/c1-12(2,3)10(16)8(14-13(4,5)6)7-9(15)11(17)18/h8-9,14-15H,7H2,1-6H3,(H,17,18)/t8-,9?/m0/s1. The molecule has 0 rings (SSSR count).